The fourth-order valence-electron chi connectivity index (χ4n) is 2.96. The zero-order chi connectivity index (χ0) is 16.3. The summed E-state index contributed by atoms with van der Waals surface area (Å²) in [6, 6.07) is 1.47. The largest absolute Gasteiger partial charge is 0.353 e. The standard InChI is InChI=1S/C16H21NO4S/c1-4-22-10(3)6-11-7-12(18)15(13(19)8-11)16(20)14-5-9(2)17-21-14/h5,10-11,15H,4,6-8H2,1-3H3/t10-,11?,15?/m0/s1. The highest BCUT2D eigenvalue weighted by Gasteiger charge is 2.41. The Morgan fingerprint density at radius 3 is 2.55 bits per heavy atom. The fraction of sp³-hybridized carbons (Fsp3) is 0.625. The molecule has 5 nitrogen and oxygen atoms in total. The Labute approximate surface area is 134 Å². The first-order valence-corrected chi connectivity index (χ1v) is 8.61. The van der Waals surface area contributed by atoms with Crippen molar-refractivity contribution in [2.45, 2.75) is 45.3 Å². The van der Waals surface area contributed by atoms with E-state index in [2.05, 4.69) is 19.0 Å². The summed E-state index contributed by atoms with van der Waals surface area (Å²) in [6.07, 6.45) is 1.42. The van der Waals surface area contributed by atoms with Gasteiger partial charge in [-0.05, 0) is 25.0 Å². The van der Waals surface area contributed by atoms with Crippen molar-refractivity contribution in [2.24, 2.45) is 11.8 Å². The van der Waals surface area contributed by atoms with Gasteiger partial charge in [0.05, 0.1) is 5.69 Å². The predicted octanol–water partition coefficient (Wildman–Crippen LogP) is 2.86. The second-order valence-corrected chi connectivity index (χ2v) is 7.55. The molecular formula is C16H21NO4S. The fourth-order valence-corrected chi connectivity index (χ4v) is 3.94. The van der Waals surface area contributed by atoms with Crippen LogP contribution in [0.3, 0.4) is 0 Å². The van der Waals surface area contributed by atoms with Gasteiger partial charge in [0.2, 0.25) is 11.5 Å². The van der Waals surface area contributed by atoms with Crippen LogP contribution in [-0.2, 0) is 9.59 Å². The van der Waals surface area contributed by atoms with Crippen molar-refractivity contribution in [1.82, 2.24) is 5.16 Å². The lowest BCUT2D eigenvalue weighted by Crippen LogP contribution is -2.39. The van der Waals surface area contributed by atoms with Gasteiger partial charge in [-0.25, -0.2) is 0 Å². The first-order chi connectivity index (χ1) is 10.4. The van der Waals surface area contributed by atoms with Crippen molar-refractivity contribution in [1.29, 1.82) is 0 Å². The van der Waals surface area contributed by atoms with Crippen molar-refractivity contribution >= 4 is 29.1 Å². The highest BCUT2D eigenvalue weighted by molar-refractivity contribution is 7.99. The number of hydrogen-bond donors (Lipinski definition) is 0. The van der Waals surface area contributed by atoms with E-state index in [9.17, 15) is 14.4 Å². The van der Waals surface area contributed by atoms with E-state index in [1.165, 1.54) is 6.07 Å². The Morgan fingerprint density at radius 1 is 1.41 bits per heavy atom. The van der Waals surface area contributed by atoms with E-state index < -0.39 is 11.7 Å². The lowest BCUT2D eigenvalue weighted by Gasteiger charge is -2.26. The van der Waals surface area contributed by atoms with Gasteiger partial charge in [0, 0.05) is 24.2 Å². The maximum atomic E-state index is 12.3. The second kappa shape index (κ2) is 7.22. The van der Waals surface area contributed by atoms with Crippen molar-refractivity contribution in [3.05, 3.63) is 17.5 Å². The number of carbonyl (C=O) groups is 3. The summed E-state index contributed by atoms with van der Waals surface area (Å²) >= 11 is 1.82. The summed E-state index contributed by atoms with van der Waals surface area (Å²) in [7, 11) is 0. The van der Waals surface area contributed by atoms with Crippen LogP contribution in [-0.4, -0.2) is 33.5 Å². The van der Waals surface area contributed by atoms with Gasteiger partial charge in [0.1, 0.15) is 5.92 Å². The summed E-state index contributed by atoms with van der Waals surface area (Å²) in [4.78, 5) is 36.8. The minimum absolute atomic E-state index is 0.00226. The average molecular weight is 323 g/mol. The minimum Gasteiger partial charge on any atom is -0.353 e. The monoisotopic (exact) mass is 323 g/mol. The molecule has 0 amide bonds. The van der Waals surface area contributed by atoms with Crippen LogP contribution in [0.1, 0.15) is 49.4 Å². The summed E-state index contributed by atoms with van der Waals surface area (Å²) in [5.74, 6) is -1.25. The molecule has 2 rings (SSSR count). The Bertz CT molecular complexity index is 562. The normalized spacial score (nSPS) is 23.6. The summed E-state index contributed by atoms with van der Waals surface area (Å²) in [5.41, 5.74) is 0.558. The van der Waals surface area contributed by atoms with Gasteiger partial charge in [-0.15, -0.1) is 0 Å². The number of carbonyl (C=O) groups excluding carboxylic acids is 3. The van der Waals surface area contributed by atoms with Gasteiger partial charge in [-0.1, -0.05) is 19.0 Å². The van der Waals surface area contributed by atoms with Gasteiger partial charge in [0.25, 0.3) is 0 Å². The molecule has 6 heteroatoms. The van der Waals surface area contributed by atoms with Crippen LogP contribution >= 0.6 is 11.8 Å². The van der Waals surface area contributed by atoms with Gasteiger partial charge in [0.15, 0.2) is 11.6 Å². The lowest BCUT2D eigenvalue weighted by molar-refractivity contribution is -0.135. The first kappa shape index (κ1) is 16.9. The highest BCUT2D eigenvalue weighted by atomic mass is 32.2. The molecular weight excluding hydrogens is 302 g/mol. The highest BCUT2D eigenvalue weighted by Crippen LogP contribution is 2.31. The van der Waals surface area contributed by atoms with E-state index in [-0.39, 0.29) is 23.2 Å². The van der Waals surface area contributed by atoms with Gasteiger partial charge < -0.3 is 4.52 Å². The number of nitrogens with zero attached hydrogens (tertiary/aromatic N) is 1. The van der Waals surface area contributed by atoms with E-state index in [0.717, 1.165) is 12.2 Å². The molecule has 0 radical (unpaired) electrons. The SMILES string of the molecule is CCS[C@@H](C)CC1CC(=O)C(C(=O)c2cc(C)no2)C(=O)C1. The molecule has 0 aromatic carbocycles. The Hall–Kier alpha value is -1.43. The summed E-state index contributed by atoms with van der Waals surface area (Å²) < 4.78 is 4.89. The number of rotatable bonds is 6. The van der Waals surface area contributed by atoms with Crippen molar-refractivity contribution < 1.29 is 18.9 Å². The third-order valence-corrected chi connectivity index (χ3v) is 4.97. The maximum Gasteiger partial charge on any atom is 0.218 e. The topological polar surface area (TPSA) is 77.2 Å². The van der Waals surface area contributed by atoms with Gasteiger partial charge in [-0.3, -0.25) is 14.4 Å². The van der Waals surface area contributed by atoms with Crippen LogP contribution in [0, 0.1) is 18.8 Å². The quantitative estimate of drug-likeness (QED) is 0.592. The van der Waals surface area contributed by atoms with Crippen molar-refractivity contribution in [2.75, 3.05) is 5.75 Å². The van der Waals surface area contributed by atoms with E-state index in [0.29, 0.717) is 23.8 Å². The number of hydrogen-bond acceptors (Lipinski definition) is 6. The van der Waals surface area contributed by atoms with E-state index in [1.807, 2.05) is 11.8 Å². The molecule has 1 heterocycles. The summed E-state index contributed by atoms with van der Waals surface area (Å²) in [5, 5.41) is 4.05. The van der Waals surface area contributed by atoms with Crippen molar-refractivity contribution in [3.63, 3.8) is 0 Å². The smallest absolute Gasteiger partial charge is 0.218 e. The first-order valence-electron chi connectivity index (χ1n) is 7.56. The molecule has 1 atom stereocenters. The molecule has 0 unspecified atom stereocenters. The van der Waals surface area contributed by atoms with E-state index >= 15 is 0 Å². The molecule has 0 saturated heterocycles. The molecule has 0 bridgehead atoms. The molecule has 1 aliphatic carbocycles. The number of Topliss-reactive ketones (excluding diaryl/α,β-unsaturated/α-hetero) is 3. The molecule has 1 aromatic heterocycles. The minimum atomic E-state index is -1.20. The predicted molar refractivity (Wildman–Crippen MR) is 84.0 cm³/mol. The number of aromatic nitrogens is 1. The second-order valence-electron chi connectivity index (χ2n) is 5.84. The van der Waals surface area contributed by atoms with Gasteiger partial charge >= 0.3 is 0 Å². The van der Waals surface area contributed by atoms with Crippen LogP contribution in [0.4, 0.5) is 0 Å². The third kappa shape index (κ3) is 3.85. The average Bonchev–Trinajstić information content (AvgIpc) is 2.84. The molecule has 0 N–H and O–H groups in total. The Balaban J connectivity index is 2.03. The maximum absolute atomic E-state index is 12.3. The molecule has 1 fully saturated rings. The Morgan fingerprint density at radius 2 is 2.05 bits per heavy atom. The molecule has 120 valence electrons. The van der Waals surface area contributed by atoms with Crippen LogP contribution in [0.25, 0.3) is 0 Å². The zero-order valence-electron chi connectivity index (χ0n) is 13.1. The van der Waals surface area contributed by atoms with E-state index in [1.54, 1.807) is 6.92 Å². The lowest BCUT2D eigenvalue weighted by atomic mass is 9.76. The molecule has 1 saturated carbocycles. The van der Waals surface area contributed by atoms with Crippen LogP contribution in [0.5, 0.6) is 0 Å². The van der Waals surface area contributed by atoms with Crippen LogP contribution in [0.2, 0.25) is 0 Å². The van der Waals surface area contributed by atoms with Gasteiger partial charge in [-0.2, -0.15) is 11.8 Å². The molecule has 0 aliphatic heterocycles. The molecule has 1 aliphatic rings. The van der Waals surface area contributed by atoms with Crippen LogP contribution < -0.4 is 0 Å². The number of aryl methyl sites for hydroxylation is 1. The van der Waals surface area contributed by atoms with Crippen LogP contribution in [0.15, 0.2) is 10.6 Å². The summed E-state index contributed by atoms with van der Waals surface area (Å²) in [6.45, 7) is 5.89. The van der Waals surface area contributed by atoms with E-state index in [4.69, 9.17) is 4.52 Å². The molecule has 1 aromatic rings. The number of ketones is 3. The van der Waals surface area contributed by atoms with Crippen molar-refractivity contribution in [3.8, 4) is 0 Å². The third-order valence-electron chi connectivity index (χ3n) is 3.87. The molecule has 22 heavy (non-hydrogen) atoms. The molecule has 0 spiro atoms. The zero-order valence-corrected chi connectivity index (χ0v) is 13.9. The number of thioether (sulfide) groups is 1. The Kier molecular flexibility index (Phi) is 5.56.